The number of aromatic nitrogens is 1. The van der Waals surface area contributed by atoms with E-state index < -0.39 is 0 Å². The molecule has 0 aliphatic carbocycles. The molecule has 0 aromatic carbocycles. The third kappa shape index (κ3) is 2.72. The minimum Gasteiger partial charge on any atom is -0.356 e. The quantitative estimate of drug-likeness (QED) is 0.547. The number of aryl methyl sites for hydroxylation is 2. The Hall–Kier alpha value is -1.05. The fraction of sp³-hybridized carbons (Fsp3) is 0.545. The van der Waals surface area contributed by atoms with Crippen LogP contribution < -0.4 is 0 Å². The number of carbonyl (C=O) groups is 1. The fourth-order valence-electron chi connectivity index (χ4n) is 1.52. The molecular formula is C11H17NO. The molecule has 2 nitrogen and oxygen atoms in total. The van der Waals surface area contributed by atoms with E-state index in [0.717, 1.165) is 18.4 Å². The fourth-order valence-corrected chi connectivity index (χ4v) is 1.52. The van der Waals surface area contributed by atoms with Crippen molar-refractivity contribution in [2.24, 2.45) is 0 Å². The summed E-state index contributed by atoms with van der Waals surface area (Å²) in [4.78, 5) is 13.5. The first-order valence-corrected chi connectivity index (χ1v) is 4.91. The molecule has 0 saturated carbocycles. The van der Waals surface area contributed by atoms with Crippen molar-refractivity contribution in [3.8, 4) is 0 Å². The second kappa shape index (κ2) is 4.85. The molecule has 0 atom stereocenters. The van der Waals surface area contributed by atoms with E-state index in [-0.39, 0.29) is 0 Å². The summed E-state index contributed by atoms with van der Waals surface area (Å²) in [6.45, 7) is 4.22. The van der Waals surface area contributed by atoms with Gasteiger partial charge in [0.05, 0.1) is 5.69 Å². The van der Waals surface area contributed by atoms with E-state index in [9.17, 15) is 4.79 Å². The lowest BCUT2D eigenvalue weighted by Crippen LogP contribution is -1.85. The van der Waals surface area contributed by atoms with E-state index in [2.05, 4.69) is 11.9 Å². The molecule has 1 rings (SSSR count). The summed E-state index contributed by atoms with van der Waals surface area (Å²) in [5.74, 6) is 0. The van der Waals surface area contributed by atoms with Crippen LogP contribution in [0.2, 0.25) is 0 Å². The summed E-state index contributed by atoms with van der Waals surface area (Å²) in [6.07, 6.45) is 5.68. The van der Waals surface area contributed by atoms with Crippen molar-refractivity contribution in [3.05, 3.63) is 23.0 Å². The minimum absolute atomic E-state index is 0.698. The van der Waals surface area contributed by atoms with E-state index in [4.69, 9.17) is 0 Å². The van der Waals surface area contributed by atoms with Crippen molar-refractivity contribution in [1.82, 2.24) is 4.98 Å². The monoisotopic (exact) mass is 179 g/mol. The van der Waals surface area contributed by atoms with Crippen molar-refractivity contribution in [1.29, 1.82) is 0 Å². The van der Waals surface area contributed by atoms with Crippen molar-refractivity contribution < 1.29 is 4.79 Å². The molecule has 1 heterocycles. The van der Waals surface area contributed by atoms with Gasteiger partial charge in [-0.25, -0.2) is 0 Å². The maximum Gasteiger partial charge on any atom is 0.166 e. The lowest BCUT2D eigenvalue weighted by molar-refractivity contribution is 0.111. The molecule has 1 N–H and O–H groups in total. The molecule has 0 aliphatic heterocycles. The SMILES string of the molecule is CCCCCc1cc(C=O)[nH]c1C. The second-order valence-electron chi connectivity index (χ2n) is 3.45. The molecule has 0 fully saturated rings. The van der Waals surface area contributed by atoms with Crippen molar-refractivity contribution in [3.63, 3.8) is 0 Å². The Morgan fingerprint density at radius 3 is 2.77 bits per heavy atom. The Kier molecular flexibility index (Phi) is 3.74. The van der Waals surface area contributed by atoms with Gasteiger partial charge in [0, 0.05) is 5.69 Å². The van der Waals surface area contributed by atoms with E-state index in [1.165, 1.54) is 24.8 Å². The summed E-state index contributed by atoms with van der Waals surface area (Å²) in [5, 5.41) is 0. The number of aromatic amines is 1. The second-order valence-corrected chi connectivity index (χ2v) is 3.45. The molecule has 1 aromatic rings. The number of rotatable bonds is 5. The van der Waals surface area contributed by atoms with Gasteiger partial charge in [-0.3, -0.25) is 4.79 Å². The van der Waals surface area contributed by atoms with Crippen LogP contribution in [0.25, 0.3) is 0 Å². The first-order valence-electron chi connectivity index (χ1n) is 4.91. The first kappa shape index (κ1) is 10.0. The number of carbonyl (C=O) groups excluding carboxylic acids is 1. The largest absolute Gasteiger partial charge is 0.356 e. The summed E-state index contributed by atoms with van der Waals surface area (Å²) in [6, 6.07) is 1.96. The minimum atomic E-state index is 0.698. The van der Waals surface area contributed by atoms with Gasteiger partial charge in [-0.05, 0) is 31.4 Å². The summed E-state index contributed by atoms with van der Waals surface area (Å²) in [7, 11) is 0. The number of nitrogens with one attached hydrogen (secondary N) is 1. The van der Waals surface area contributed by atoms with Crippen LogP contribution in [0, 0.1) is 6.92 Å². The van der Waals surface area contributed by atoms with Crippen LogP contribution >= 0.6 is 0 Å². The van der Waals surface area contributed by atoms with Gasteiger partial charge in [-0.1, -0.05) is 19.8 Å². The van der Waals surface area contributed by atoms with Gasteiger partial charge in [-0.2, -0.15) is 0 Å². The smallest absolute Gasteiger partial charge is 0.166 e. The topological polar surface area (TPSA) is 32.9 Å². The molecule has 0 aliphatic rings. The molecule has 0 saturated heterocycles. The molecular weight excluding hydrogens is 162 g/mol. The highest BCUT2D eigenvalue weighted by Gasteiger charge is 2.02. The predicted octanol–water partition coefficient (Wildman–Crippen LogP) is 2.87. The Morgan fingerprint density at radius 1 is 1.46 bits per heavy atom. The van der Waals surface area contributed by atoms with Gasteiger partial charge in [-0.15, -0.1) is 0 Å². The van der Waals surface area contributed by atoms with Crippen LogP contribution in [0.15, 0.2) is 6.07 Å². The van der Waals surface area contributed by atoms with E-state index in [1.54, 1.807) is 0 Å². The molecule has 1 aromatic heterocycles. The molecule has 2 heteroatoms. The van der Waals surface area contributed by atoms with Crippen LogP contribution in [0.3, 0.4) is 0 Å². The van der Waals surface area contributed by atoms with Crippen LogP contribution in [-0.4, -0.2) is 11.3 Å². The van der Waals surface area contributed by atoms with Gasteiger partial charge in [0.1, 0.15) is 0 Å². The Labute approximate surface area is 79.4 Å². The summed E-state index contributed by atoms with van der Waals surface area (Å²) < 4.78 is 0. The average Bonchev–Trinajstić information content (AvgIpc) is 2.48. The maximum atomic E-state index is 10.5. The summed E-state index contributed by atoms with van der Waals surface area (Å²) in [5.41, 5.74) is 3.12. The number of unbranched alkanes of at least 4 members (excludes halogenated alkanes) is 2. The van der Waals surface area contributed by atoms with Gasteiger partial charge < -0.3 is 4.98 Å². The normalized spacial score (nSPS) is 10.3. The lowest BCUT2D eigenvalue weighted by atomic mass is 10.1. The van der Waals surface area contributed by atoms with Gasteiger partial charge >= 0.3 is 0 Å². The zero-order chi connectivity index (χ0) is 9.68. The highest BCUT2D eigenvalue weighted by Crippen LogP contribution is 2.12. The van der Waals surface area contributed by atoms with E-state index in [1.807, 2.05) is 13.0 Å². The van der Waals surface area contributed by atoms with Crippen molar-refractivity contribution in [2.45, 2.75) is 39.5 Å². The molecule has 0 bridgehead atoms. The molecule has 13 heavy (non-hydrogen) atoms. The lowest BCUT2D eigenvalue weighted by Gasteiger charge is -1.97. The van der Waals surface area contributed by atoms with Crippen LogP contribution in [0.4, 0.5) is 0 Å². The third-order valence-corrected chi connectivity index (χ3v) is 2.32. The number of aldehydes is 1. The maximum absolute atomic E-state index is 10.5. The average molecular weight is 179 g/mol. The molecule has 0 amide bonds. The van der Waals surface area contributed by atoms with Crippen LogP contribution in [0.1, 0.15) is 47.9 Å². The van der Waals surface area contributed by atoms with Gasteiger partial charge in [0.15, 0.2) is 6.29 Å². The highest BCUT2D eigenvalue weighted by molar-refractivity contribution is 5.72. The Morgan fingerprint density at radius 2 is 2.23 bits per heavy atom. The standard InChI is InChI=1S/C11H17NO/c1-3-4-5-6-10-7-11(8-13)12-9(10)2/h7-8,12H,3-6H2,1-2H3. The number of hydrogen-bond donors (Lipinski definition) is 1. The summed E-state index contributed by atoms with van der Waals surface area (Å²) >= 11 is 0. The van der Waals surface area contributed by atoms with Crippen molar-refractivity contribution >= 4 is 6.29 Å². The predicted molar refractivity (Wildman–Crippen MR) is 54.1 cm³/mol. The molecule has 0 radical (unpaired) electrons. The number of hydrogen-bond acceptors (Lipinski definition) is 1. The zero-order valence-corrected chi connectivity index (χ0v) is 8.39. The van der Waals surface area contributed by atoms with Crippen LogP contribution in [0.5, 0.6) is 0 Å². The molecule has 0 spiro atoms. The third-order valence-electron chi connectivity index (χ3n) is 2.32. The van der Waals surface area contributed by atoms with E-state index >= 15 is 0 Å². The van der Waals surface area contributed by atoms with Crippen LogP contribution in [-0.2, 0) is 6.42 Å². The molecule has 72 valence electrons. The zero-order valence-electron chi connectivity index (χ0n) is 8.39. The van der Waals surface area contributed by atoms with E-state index in [0.29, 0.717) is 5.69 Å². The van der Waals surface area contributed by atoms with Crippen molar-refractivity contribution in [2.75, 3.05) is 0 Å². The Bertz CT molecular complexity index is 276. The van der Waals surface area contributed by atoms with Gasteiger partial charge in [0.2, 0.25) is 0 Å². The first-order chi connectivity index (χ1) is 6.27. The van der Waals surface area contributed by atoms with Gasteiger partial charge in [0.25, 0.3) is 0 Å². The highest BCUT2D eigenvalue weighted by atomic mass is 16.1. The Balaban J connectivity index is 2.55. The number of H-pyrrole nitrogens is 1. The molecule has 0 unspecified atom stereocenters.